The van der Waals surface area contributed by atoms with E-state index in [-0.39, 0.29) is 12.5 Å². The summed E-state index contributed by atoms with van der Waals surface area (Å²) in [5.74, 6) is -0.138. The smallest absolute Gasteiger partial charge is 0.220 e. The van der Waals surface area contributed by atoms with Crippen molar-refractivity contribution in [2.24, 2.45) is 0 Å². The molecule has 0 heterocycles. The Kier molecular flexibility index (Phi) is 49.4. The third-order valence-electron chi connectivity index (χ3n) is 13.2. The molecule has 0 spiro atoms. The van der Waals surface area contributed by atoms with Crippen LogP contribution in [0.15, 0.2) is 0 Å². The molecule has 59 heavy (non-hydrogen) atoms. The predicted molar refractivity (Wildman–Crippen MR) is 259 cm³/mol. The van der Waals surface area contributed by atoms with E-state index in [1.165, 1.54) is 250 Å². The summed E-state index contributed by atoms with van der Waals surface area (Å²) < 4.78 is 0. The quantitative estimate of drug-likeness (QED) is 0.0460. The van der Waals surface area contributed by atoms with Crippen LogP contribution in [0.2, 0.25) is 0 Å². The Morgan fingerprint density at radius 3 is 0.814 bits per heavy atom. The zero-order valence-corrected chi connectivity index (χ0v) is 40.4. The number of unbranched alkanes of at least 4 members (excludes halogenated alkanes) is 43. The van der Waals surface area contributed by atoms with Gasteiger partial charge in [-0.15, -0.1) is 0 Å². The zero-order chi connectivity index (χ0) is 43.0. The number of hydrogen-bond acceptors (Lipinski definition) is 4. The van der Waals surface area contributed by atoms with Crippen LogP contribution in [0.5, 0.6) is 0 Å². The summed E-state index contributed by atoms with van der Waals surface area (Å²) in [7, 11) is 0. The van der Waals surface area contributed by atoms with Crippen LogP contribution in [0.1, 0.15) is 316 Å². The van der Waals surface area contributed by atoms with Gasteiger partial charge >= 0.3 is 0 Å². The lowest BCUT2D eigenvalue weighted by Crippen LogP contribution is -2.50. The summed E-state index contributed by atoms with van der Waals surface area (Å²) in [5, 5.41) is 33.6. The Balaban J connectivity index is 3.39. The van der Waals surface area contributed by atoms with Crippen molar-refractivity contribution in [3.8, 4) is 0 Å². The summed E-state index contributed by atoms with van der Waals surface area (Å²) in [5.41, 5.74) is 0. The molecule has 354 valence electrons. The van der Waals surface area contributed by atoms with Crippen LogP contribution in [0.4, 0.5) is 0 Å². The van der Waals surface area contributed by atoms with E-state index in [9.17, 15) is 20.1 Å². The molecule has 0 aliphatic carbocycles. The van der Waals surface area contributed by atoms with Gasteiger partial charge in [0.2, 0.25) is 5.91 Å². The first-order valence-electron chi connectivity index (χ1n) is 27.3. The molecule has 1 amide bonds. The number of carbonyl (C=O) groups excluding carboxylic acids is 1. The Morgan fingerprint density at radius 2 is 0.576 bits per heavy atom. The van der Waals surface area contributed by atoms with Crippen molar-refractivity contribution in [3.05, 3.63) is 0 Å². The molecular formula is C54H109NO4. The van der Waals surface area contributed by atoms with Crippen LogP contribution in [0, 0.1) is 0 Å². The number of carbonyl (C=O) groups is 1. The van der Waals surface area contributed by atoms with Crippen molar-refractivity contribution in [1.82, 2.24) is 5.32 Å². The highest BCUT2D eigenvalue weighted by molar-refractivity contribution is 5.76. The molecule has 0 saturated heterocycles. The summed E-state index contributed by atoms with van der Waals surface area (Å²) in [6.07, 6.45) is 59.9. The lowest BCUT2D eigenvalue weighted by molar-refractivity contribution is -0.124. The lowest BCUT2D eigenvalue weighted by atomic mass is 9.99. The average Bonchev–Trinajstić information content (AvgIpc) is 3.24. The van der Waals surface area contributed by atoms with Crippen LogP contribution in [0.3, 0.4) is 0 Å². The third kappa shape index (κ3) is 45.2. The van der Waals surface area contributed by atoms with Crippen LogP contribution in [0.25, 0.3) is 0 Å². The van der Waals surface area contributed by atoms with E-state index in [0.29, 0.717) is 12.8 Å². The Morgan fingerprint density at radius 1 is 0.356 bits per heavy atom. The van der Waals surface area contributed by atoms with Crippen molar-refractivity contribution in [3.63, 3.8) is 0 Å². The minimum absolute atomic E-state index is 0.138. The molecule has 0 aromatic carbocycles. The maximum atomic E-state index is 12.5. The molecule has 0 radical (unpaired) electrons. The first-order valence-corrected chi connectivity index (χ1v) is 27.3. The van der Waals surface area contributed by atoms with Crippen LogP contribution in [-0.2, 0) is 4.79 Å². The molecule has 0 unspecified atom stereocenters. The Hall–Kier alpha value is -0.650. The highest BCUT2D eigenvalue weighted by Gasteiger charge is 2.26. The van der Waals surface area contributed by atoms with Gasteiger partial charge in [0.25, 0.3) is 0 Å². The summed E-state index contributed by atoms with van der Waals surface area (Å²) in [6, 6.07) is -0.802. The van der Waals surface area contributed by atoms with Crippen molar-refractivity contribution in [1.29, 1.82) is 0 Å². The highest BCUT2D eigenvalue weighted by atomic mass is 16.3. The van der Waals surface area contributed by atoms with Gasteiger partial charge in [-0.1, -0.05) is 296 Å². The molecule has 0 saturated carbocycles. The van der Waals surface area contributed by atoms with Gasteiger partial charge in [-0.2, -0.15) is 0 Å². The average molecular weight is 836 g/mol. The van der Waals surface area contributed by atoms with Gasteiger partial charge in [-0.05, 0) is 12.8 Å². The minimum Gasteiger partial charge on any atom is -0.394 e. The molecule has 0 bridgehead atoms. The minimum atomic E-state index is -1.13. The second-order valence-corrected chi connectivity index (χ2v) is 19.2. The lowest BCUT2D eigenvalue weighted by Gasteiger charge is -2.26. The second-order valence-electron chi connectivity index (χ2n) is 19.2. The molecule has 0 aromatic rings. The molecule has 5 nitrogen and oxygen atoms in total. The molecule has 0 fully saturated rings. The molecule has 0 aliphatic heterocycles. The van der Waals surface area contributed by atoms with Crippen molar-refractivity contribution in [2.45, 2.75) is 334 Å². The van der Waals surface area contributed by atoms with Crippen LogP contribution >= 0.6 is 0 Å². The molecular weight excluding hydrogens is 727 g/mol. The van der Waals surface area contributed by atoms with Gasteiger partial charge in [-0.25, -0.2) is 0 Å². The van der Waals surface area contributed by atoms with Crippen LogP contribution in [-0.4, -0.2) is 46.1 Å². The predicted octanol–water partition coefficient (Wildman–Crippen LogP) is 16.6. The van der Waals surface area contributed by atoms with E-state index in [4.69, 9.17) is 0 Å². The molecule has 5 heteroatoms. The van der Waals surface area contributed by atoms with E-state index in [1.807, 2.05) is 0 Å². The SMILES string of the molecule is CCCCCCCCCCCCCCCCCCCCCCCCCCCCCCCCCCCCC(=O)N[C@@H](CO)[C@H](O)[C@H](O)CCCCCCCCCCCCC. The van der Waals surface area contributed by atoms with Crippen molar-refractivity contribution in [2.75, 3.05) is 6.61 Å². The number of aliphatic hydroxyl groups is 3. The summed E-state index contributed by atoms with van der Waals surface area (Å²) >= 11 is 0. The molecule has 0 aromatic heterocycles. The fraction of sp³-hybridized carbons (Fsp3) is 0.981. The van der Waals surface area contributed by atoms with E-state index in [2.05, 4.69) is 19.2 Å². The van der Waals surface area contributed by atoms with Crippen molar-refractivity contribution < 1.29 is 20.1 Å². The largest absolute Gasteiger partial charge is 0.394 e. The van der Waals surface area contributed by atoms with Gasteiger partial charge in [0.1, 0.15) is 6.10 Å². The van der Waals surface area contributed by atoms with E-state index >= 15 is 0 Å². The maximum Gasteiger partial charge on any atom is 0.220 e. The first-order chi connectivity index (χ1) is 29.1. The standard InChI is InChI=1S/C54H109NO4/c1-3-5-7-9-11-13-15-16-17-18-19-20-21-22-23-24-25-26-27-28-29-30-31-32-33-34-35-36-37-39-41-43-45-47-49-53(58)55-51(50-56)54(59)52(57)48-46-44-42-40-38-14-12-10-8-6-4-2/h51-52,54,56-57,59H,3-50H2,1-2H3,(H,55,58)/t51-,52+,54-/m0/s1. The van der Waals surface area contributed by atoms with Gasteiger partial charge < -0.3 is 20.6 Å². The van der Waals surface area contributed by atoms with E-state index in [0.717, 1.165) is 38.5 Å². The first kappa shape index (κ1) is 58.4. The Bertz CT molecular complexity index is 792. The normalized spacial score (nSPS) is 13.2. The van der Waals surface area contributed by atoms with Gasteiger partial charge in [-0.3, -0.25) is 4.79 Å². The second kappa shape index (κ2) is 50.0. The van der Waals surface area contributed by atoms with E-state index in [1.54, 1.807) is 0 Å². The zero-order valence-electron chi connectivity index (χ0n) is 40.4. The molecule has 0 aliphatic rings. The topological polar surface area (TPSA) is 89.8 Å². The van der Waals surface area contributed by atoms with E-state index < -0.39 is 18.2 Å². The van der Waals surface area contributed by atoms with Crippen LogP contribution < -0.4 is 5.32 Å². The number of amides is 1. The fourth-order valence-electron chi connectivity index (χ4n) is 8.99. The number of aliphatic hydroxyl groups excluding tert-OH is 3. The van der Waals surface area contributed by atoms with Crippen molar-refractivity contribution >= 4 is 5.91 Å². The van der Waals surface area contributed by atoms with Gasteiger partial charge in [0.15, 0.2) is 0 Å². The number of hydrogen-bond donors (Lipinski definition) is 4. The maximum absolute atomic E-state index is 12.5. The fourth-order valence-corrected chi connectivity index (χ4v) is 8.99. The van der Waals surface area contributed by atoms with Gasteiger partial charge in [0, 0.05) is 6.42 Å². The number of rotatable bonds is 51. The summed E-state index contributed by atoms with van der Waals surface area (Å²) in [4.78, 5) is 12.5. The monoisotopic (exact) mass is 836 g/mol. The highest BCUT2D eigenvalue weighted by Crippen LogP contribution is 2.18. The molecule has 4 N–H and O–H groups in total. The Labute approximate surface area is 370 Å². The summed E-state index contributed by atoms with van der Waals surface area (Å²) in [6.45, 7) is 4.20. The molecule has 0 rings (SSSR count). The molecule has 3 atom stereocenters. The third-order valence-corrected chi connectivity index (χ3v) is 13.2. The van der Waals surface area contributed by atoms with Gasteiger partial charge in [0.05, 0.1) is 18.8 Å². The number of nitrogens with one attached hydrogen (secondary N) is 1.